The molecule has 0 aromatic heterocycles. The van der Waals surface area contributed by atoms with Crippen LogP contribution >= 0.6 is 0 Å². The molecule has 4 heteroatoms. The fraction of sp³-hybridized carbons (Fsp3) is 0.238. The molecule has 0 aliphatic carbocycles. The van der Waals surface area contributed by atoms with Gasteiger partial charge >= 0.3 is 6.03 Å². The fourth-order valence-electron chi connectivity index (χ4n) is 2.74. The number of rotatable bonds is 4. The Morgan fingerprint density at radius 1 is 1.00 bits per heavy atom. The van der Waals surface area contributed by atoms with E-state index in [0.29, 0.717) is 11.6 Å². The Balaban J connectivity index is 1.77. The van der Waals surface area contributed by atoms with Gasteiger partial charge in [-0.1, -0.05) is 67.9 Å². The largest absolute Gasteiger partial charge is 0.329 e. The van der Waals surface area contributed by atoms with Crippen LogP contribution in [-0.4, -0.2) is 16.8 Å². The third-order valence-electron chi connectivity index (χ3n) is 4.34. The van der Waals surface area contributed by atoms with E-state index in [0.717, 1.165) is 16.7 Å². The smallest absolute Gasteiger partial charge is 0.303 e. The molecule has 128 valence electrons. The van der Waals surface area contributed by atoms with Crippen LogP contribution in [0.4, 0.5) is 4.79 Å². The maximum Gasteiger partial charge on any atom is 0.329 e. The molecule has 25 heavy (non-hydrogen) atoms. The summed E-state index contributed by atoms with van der Waals surface area (Å²) in [5.74, 6) is 0.165. The number of carbonyl (C=O) groups excluding carboxylic acids is 2. The summed E-state index contributed by atoms with van der Waals surface area (Å²) in [7, 11) is 0. The number of urea groups is 1. The van der Waals surface area contributed by atoms with Gasteiger partial charge in [0.05, 0.1) is 6.54 Å². The molecule has 1 saturated heterocycles. The number of hydrogen-bond donors (Lipinski definition) is 1. The van der Waals surface area contributed by atoms with Crippen molar-refractivity contribution in [1.82, 2.24) is 10.2 Å². The summed E-state index contributed by atoms with van der Waals surface area (Å²) in [6.45, 7) is 6.55. The minimum absolute atomic E-state index is 0.272. The number of nitrogens with zero attached hydrogens (tertiary/aromatic N) is 1. The van der Waals surface area contributed by atoms with Crippen LogP contribution in [0.15, 0.2) is 54.2 Å². The van der Waals surface area contributed by atoms with Crippen molar-refractivity contribution in [2.45, 2.75) is 33.2 Å². The molecule has 2 aromatic carbocycles. The van der Waals surface area contributed by atoms with Crippen molar-refractivity contribution in [3.8, 4) is 0 Å². The van der Waals surface area contributed by atoms with Crippen molar-refractivity contribution < 1.29 is 9.59 Å². The summed E-state index contributed by atoms with van der Waals surface area (Å²) in [4.78, 5) is 25.9. The number of aryl methyl sites for hydroxylation is 1. The topological polar surface area (TPSA) is 49.4 Å². The molecule has 3 rings (SSSR count). The molecule has 1 aliphatic rings. The summed E-state index contributed by atoms with van der Waals surface area (Å²) >= 11 is 0. The van der Waals surface area contributed by atoms with Gasteiger partial charge in [-0.3, -0.25) is 9.69 Å². The number of hydrogen-bond acceptors (Lipinski definition) is 2. The van der Waals surface area contributed by atoms with E-state index in [4.69, 9.17) is 0 Å². The zero-order valence-electron chi connectivity index (χ0n) is 14.7. The molecule has 1 heterocycles. The Labute approximate surface area is 148 Å². The van der Waals surface area contributed by atoms with E-state index >= 15 is 0 Å². The Bertz CT molecular complexity index is 818. The van der Waals surface area contributed by atoms with Gasteiger partial charge in [-0.05, 0) is 35.6 Å². The molecule has 1 aliphatic heterocycles. The molecule has 1 N–H and O–H groups in total. The second-order valence-corrected chi connectivity index (χ2v) is 6.69. The second-order valence-electron chi connectivity index (χ2n) is 6.69. The van der Waals surface area contributed by atoms with Crippen molar-refractivity contribution >= 4 is 18.0 Å². The predicted molar refractivity (Wildman–Crippen MR) is 98.8 cm³/mol. The Morgan fingerprint density at radius 3 is 2.24 bits per heavy atom. The van der Waals surface area contributed by atoms with Gasteiger partial charge in [-0.2, -0.15) is 0 Å². The molecular weight excluding hydrogens is 312 g/mol. The highest BCUT2D eigenvalue weighted by Gasteiger charge is 2.33. The van der Waals surface area contributed by atoms with Crippen molar-refractivity contribution in [2.75, 3.05) is 0 Å². The maximum absolute atomic E-state index is 12.5. The van der Waals surface area contributed by atoms with Gasteiger partial charge in [-0.25, -0.2) is 4.79 Å². The average molecular weight is 334 g/mol. The van der Waals surface area contributed by atoms with E-state index < -0.39 is 0 Å². The third-order valence-corrected chi connectivity index (χ3v) is 4.34. The van der Waals surface area contributed by atoms with Gasteiger partial charge in [0.1, 0.15) is 5.70 Å². The van der Waals surface area contributed by atoms with E-state index in [1.807, 2.05) is 55.5 Å². The van der Waals surface area contributed by atoms with Crippen molar-refractivity contribution in [3.05, 3.63) is 76.5 Å². The Hall–Kier alpha value is -2.88. The van der Waals surface area contributed by atoms with E-state index in [-0.39, 0.29) is 18.5 Å². The van der Waals surface area contributed by atoms with Crippen LogP contribution in [-0.2, 0) is 11.3 Å². The molecule has 4 nitrogen and oxygen atoms in total. The van der Waals surface area contributed by atoms with Crippen LogP contribution in [0.5, 0.6) is 0 Å². The van der Waals surface area contributed by atoms with Crippen LogP contribution in [0.3, 0.4) is 0 Å². The first-order valence-corrected chi connectivity index (χ1v) is 8.44. The van der Waals surface area contributed by atoms with E-state index in [1.165, 1.54) is 10.5 Å². The van der Waals surface area contributed by atoms with E-state index in [9.17, 15) is 9.59 Å². The first kappa shape index (κ1) is 17.0. The summed E-state index contributed by atoms with van der Waals surface area (Å²) in [5.41, 5.74) is 4.52. The molecule has 0 bridgehead atoms. The molecule has 0 radical (unpaired) electrons. The average Bonchev–Trinajstić information content (AvgIpc) is 2.85. The van der Waals surface area contributed by atoms with Crippen molar-refractivity contribution in [2.24, 2.45) is 0 Å². The molecule has 0 unspecified atom stereocenters. The van der Waals surface area contributed by atoms with Gasteiger partial charge in [-0.15, -0.1) is 0 Å². The van der Waals surface area contributed by atoms with E-state index in [2.05, 4.69) is 19.2 Å². The van der Waals surface area contributed by atoms with Crippen LogP contribution < -0.4 is 5.32 Å². The second kappa shape index (κ2) is 6.93. The van der Waals surface area contributed by atoms with Gasteiger partial charge in [0.25, 0.3) is 5.91 Å². The van der Waals surface area contributed by atoms with Crippen molar-refractivity contribution in [1.29, 1.82) is 0 Å². The highest BCUT2D eigenvalue weighted by atomic mass is 16.2. The Kier molecular flexibility index (Phi) is 4.70. The molecule has 2 aromatic rings. The van der Waals surface area contributed by atoms with Crippen LogP contribution in [0.2, 0.25) is 0 Å². The maximum atomic E-state index is 12.5. The van der Waals surface area contributed by atoms with Crippen LogP contribution in [0, 0.1) is 6.92 Å². The highest BCUT2D eigenvalue weighted by Crippen LogP contribution is 2.19. The number of benzene rings is 2. The summed E-state index contributed by atoms with van der Waals surface area (Å²) in [5, 5.41) is 2.67. The number of nitrogens with one attached hydrogen (secondary N) is 1. The minimum Gasteiger partial charge on any atom is -0.303 e. The molecular formula is C21H22N2O2. The Morgan fingerprint density at radius 2 is 1.64 bits per heavy atom. The summed E-state index contributed by atoms with van der Waals surface area (Å²) in [6, 6.07) is 15.4. The molecule has 0 saturated carbocycles. The first-order valence-electron chi connectivity index (χ1n) is 8.44. The standard InChI is InChI=1S/C21H22N2O2/c1-14(2)18-10-8-16(9-11-18)12-19-20(24)23(21(25)22-19)13-17-6-4-15(3)5-7-17/h4-12,14H,13H2,1-3H3,(H,22,25)/b19-12+. The molecule has 1 fully saturated rings. The lowest BCUT2D eigenvalue weighted by molar-refractivity contribution is -0.123. The lowest BCUT2D eigenvalue weighted by atomic mass is 10.0. The van der Waals surface area contributed by atoms with Gasteiger partial charge in [0, 0.05) is 0 Å². The molecule has 0 spiro atoms. The fourth-order valence-corrected chi connectivity index (χ4v) is 2.74. The van der Waals surface area contributed by atoms with Gasteiger partial charge in [0.15, 0.2) is 0 Å². The van der Waals surface area contributed by atoms with E-state index in [1.54, 1.807) is 6.08 Å². The molecule has 0 atom stereocenters. The molecule has 3 amide bonds. The first-order chi connectivity index (χ1) is 11.9. The number of imide groups is 1. The monoisotopic (exact) mass is 334 g/mol. The quantitative estimate of drug-likeness (QED) is 0.672. The lowest BCUT2D eigenvalue weighted by Gasteiger charge is -2.11. The van der Waals surface area contributed by atoms with Crippen molar-refractivity contribution in [3.63, 3.8) is 0 Å². The zero-order valence-corrected chi connectivity index (χ0v) is 14.7. The van der Waals surface area contributed by atoms with Gasteiger partial charge in [0.2, 0.25) is 0 Å². The van der Waals surface area contributed by atoms with Crippen LogP contribution in [0.1, 0.15) is 42.0 Å². The summed E-state index contributed by atoms with van der Waals surface area (Å²) in [6.07, 6.45) is 1.72. The normalized spacial score (nSPS) is 16.0. The zero-order chi connectivity index (χ0) is 18.0. The van der Waals surface area contributed by atoms with Gasteiger partial charge < -0.3 is 5.32 Å². The summed E-state index contributed by atoms with van der Waals surface area (Å²) < 4.78 is 0. The van der Waals surface area contributed by atoms with Crippen LogP contribution in [0.25, 0.3) is 6.08 Å². The SMILES string of the molecule is Cc1ccc(CN2C(=O)N/C(=C/c3ccc(C(C)C)cc3)C2=O)cc1. The number of carbonyl (C=O) groups is 2. The lowest BCUT2D eigenvalue weighted by Crippen LogP contribution is -2.30. The third kappa shape index (κ3) is 3.79. The predicted octanol–water partition coefficient (Wildman–Crippen LogP) is 4.21. The highest BCUT2D eigenvalue weighted by molar-refractivity contribution is 6.13. The number of amides is 3. The minimum atomic E-state index is -0.379.